The molecule has 3 aromatic heterocycles. The molecular weight excluding hydrogens is 354 g/mol. The van der Waals surface area contributed by atoms with Crippen molar-refractivity contribution >= 4 is 23.4 Å². The predicted octanol–water partition coefficient (Wildman–Crippen LogP) is 3.68. The van der Waals surface area contributed by atoms with Gasteiger partial charge in [-0.15, -0.1) is 5.10 Å². The molecule has 0 unspecified atom stereocenters. The summed E-state index contributed by atoms with van der Waals surface area (Å²) in [5, 5.41) is 13.5. The SMILES string of the molecule is CCNC(=O)Nc1nc2cc(-c3cccnc3)cc(NC3CCCCC3)n2n1. The van der Waals surface area contributed by atoms with E-state index in [0.29, 0.717) is 18.2 Å². The molecule has 0 spiro atoms. The summed E-state index contributed by atoms with van der Waals surface area (Å²) in [6.45, 7) is 2.40. The van der Waals surface area contributed by atoms with Crippen molar-refractivity contribution in [2.45, 2.75) is 45.1 Å². The Morgan fingerprint density at radius 2 is 2.07 bits per heavy atom. The summed E-state index contributed by atoms with van der Waals surface area (Å²) in [7, 11) is 0. The summed E-state index contributed by atoms with van der Waals surface area (Å²) >= 11 is 0. The van der Waals surface area contributed by atoms with Gasteiger partial charge in [0.25, 0.3) is 5.95 Å². The van der Waals surface area contributed by atoms with E-state index < -0.39 is 0 Å². The maximum absolute atomic E-state index is 11.8. The van der Waals surface area contributed by atoms with Gasteiger partial charge in [-0.2, -0.15) is 9.50 Å². The number of nitrogens with zero attached hydrogens (tertiary/aromatic N) is 4. The van der Waals surface area contributed by atoms with Gasteiger partial charge in [-0.1, -0.05) is 25.3 Å². The predicted molar refractivity (Wildman–Crippen MR) is 109 cm³/mol. The van der Waals surface area contributed by atoms with Crippen LogP contribution in [0.3, 0.4) is 0 Å². The zero-order valence-corrected chi connectivity index (χ0v) is 16.0. The summed E-state index contributed by atoms with van der Waals surface area (Å²) < 4.78 is 1.76. The number of anilines is 2. The normalized spacial score (nSPS) is 14.8. The minimum absolute atomic E-state index is 0.279. The molecule has 0 aromatic carbocycles. The smallest absolute Gasteiger partial charge is 0.321 e. The van der Waals surface area contributed by atoms with Crippen LogP contribution >= 0.6 is 0 Å². The van der Waals surface area contributed by atoms with Gasteiger partial charge in [0.15, 0.2) is 5.65 Å². The van der Waals surface area contributed by atoms with Crippen LogP contribution in [0.5, 0.6) is 0 Å². The third-order valence-electron chi connectivity index (χ3n) is 4.95. The number of hydrogen-bond donors (Lipinski definition) is 3. The second kappa shape index (κ2) is 8.24. The molecule has 8 nitrogen and oxygen atoms in total. The van der Waals surface area contributed by atoms with Crippen molar-refractivity contribution in [2.24, 2.45) is 0 Å². The lowest BCUT2D eigenvalue weighted by Gasteiger charge is -2.24. The number of carbonyl (C=O) groups is 1. The van der Waals surface area contributed by atoms with Gasteiger partial charge >= 0.3 is 6.03 Å². The molecule has 1 aliphatic rings. The van der Waals surface area contributed by atoms with Gasteiger partial charge in [0.2, 0.25) is 0 Å². The van der Waals surface area contributed by atoms with Crippen molar-refractivity contribution in [1.29, 1.82) is 0 Å². The molecule has 0 atom stereocenters. The highest BCUT2D eigenvalue weighted by Gasteiger charge is 2.17. The zero-order valence-electron chi connectivity index (χ0n) is 16.0. The fourth-order valence-electron chi connectivity index (χ4n) is 3.60. The second-order valence-electron chi connectivity index (χ2n) is 7.04. The molecule has 146 valence electrons. The van der Waals surface area contributed by atoms with E-state index in [1.54, 1.807) is 10.7 Å². The van der Waals surface area contributed by atoms with Crippen LogP contribution in [0, 0.1) is 0 Å². The van der Waals surface area contributed by atoms with E-state index in [2.05, 4.69) is 37.1 Å². The Morgan fingerprint density at radius 3 is 2.82 bits per heavy atom. The number of amides is 2. The number of urea groups is 1. The van der Waals surface area contributed by atoms with Gasteiger partial charge in [0.05, 0.1) is 0 Å². The van der Waals surface area contributed by atoms with Crippen LogP contribution in [0.1, 0.15) is 39.0 Å². The number of pyridine rings is 2. The first-order chi connectivity index (χ1) is 13.7. The summed E-state index contributed by atoms with van der Waals surface area (Å²) in [6.07, 6.45) is 9.67. The monoisotopic (exact) mass is 379 g/mol. The van der Waals surface area contributed by atoms with Crippen LogP contribution in [0.25, 0.3) is 16.8 Å². The first-order valence-electron chi connectivity index (χ1n) is 9.85. The third-order valence-corrected chi connectivity index (χ3v) is 4.95. The van der Waals surface area contributed by atoms with Gasteiger partial charge in [0.1, 0.15) is 5.82 Å². The number of carbonyl (C=O) groups excluding carboxylic acids is 1. The minimum Gasteiger partial charge on any atom is -0.367 e. The summed E-state index contributed by atoms with van der Waals surface area (Å²) in [5.41, 5.74) is 2.69. The van der Waals surface area contributed by atoms with E-state index in [4.69, 9.17) is 0 Å². The summed E-state index contributed by atoms with van der Waals surface area (Å²) in [4.78, 5) is 20.6. The van der Waals surface area contributed by atoms with Gasteiger partial charge in [-0.05, 0) is 43.5 Å². The number of rotatable bonds is 5. The molecule has 8 heteroatoms. The van der Waals surface area contributed by atoms with Gasteiger partial charge < -0.3 is 10.6 Å². The van der Waals surface area contributed by atoms with Gasteiger partial charge in [-0.3, -0.25) is 10.3 Å². The Labute approximate surface area is 163 Å². The molecule has 1 fully saturated rings. The molecule has 1 aliphatic carbocycles. The van der Waals surface area contributed by atoms with E-state index in [1.807, 2.05) is 31.3 Å². The van der Waals surface area contributed by atoms with E-state index in [1.165, 1.54) is 19.3 Å². The van der Waals surface area contributed by atoms with Gasteiger partial charge in [0, 0.05) is 30.5 Å². The molecule has 3 N–H and O–H groups in total. The quantitative estimate of drug-likeness (QED) is 0.628. The van der Waals surface area contributed by atoms with Crippen LogP contribution in [-0.4, -0.2) is 38.2 Å². The molecule has 1 saturated carbocycles. The van der Waals surface area contributed by atoms with Crippen molar-refractivity contribution < 1.29 is 4.79 Å². The lowest BCUT2D eigenvalue weighted by molar-refractivity contribution is 0.252. The zero-order chi connectivity index (χ0) is 19.3. The third kappa shape index (κ3) is 4.05. The lowest BCUT2D eigenvalue weighted by atomic mass is 9.95. The van der Waals surface area contributed by atoms with Crippen LogP contribution in [0.2, 0.25) is 0 Å². The first kappa shape index (κ1) is 18.2. The highest BCUT2D eigenvalue weighted by atomic mass is 16.2. The topological polar surface area (TPSA) is 96.2 Å². The molecule has 0 radical (unpaired) electrons. The Bertz CT molecular complexity index is 948. The molecule has 0 bridgehead atoms. The molecular formula is C20H25N7O. The molecule has 3 aromatic rings. The minimum atomic E-state index is -0.312. The Balaban J connectivity index is 1.71. The van der Waals surface area contributed by atoms with E-state index in [-0.39, 0.29) is 12.0 Å². The Kier molecular flexibility index (Phi) is 5.36. The van der Waals surface area contributed by atoms with Crippen molar-refractivity contribution in [3.63, 3.8) is 0 Å². The van der Waals surface area contributed by atoms with Crippen LogP contribution in [0.4, 0.5) is 16.6 Å². The number of fused-ring (bicyclic) bond motifs is 1. The molecule has 28 heavy (non-hydrogen) atoms. The first-order valence-corrected chi connectivity index (χ1v) is 9.85. The van der Waals surface area contributed by atoms with E-state index in [0.717, 1.165) is 29.8 Å². The van der Waals surface area contributed by atoms with Crippen molar-refractivity contribution in [1.82, 2.24) is 24.9 Å². The van der Waals surface area contributed by atoms with Crippen LogP contribution in [0.15, 0.2) is 36.7 Å². The van der Waals surface area contributed by atoms with Crippen molar-refractivity contribution in [3.8, 4) is 11.1 Å². The average molecular weight is 379 g/mol. The molecule has 2 amide bonds. The molecule has 3 heterocycles. The largest absolute Gasteiger partial charge is 0.367 e. The van der Waals surface area contributed by atoms with Crippen LogP contribution < -0.4 is 16.0 Å². The van der Waals surface area contributed by atoms with E-state index in [9.17, 15) is 4.79 Å². The molecule has 4 rings (SSSR count). The summed E-state index contributed by atoms with van der Waals surface area (Å²) in [5.74, 6) is 1.15. The molecule has 0 saturated heterocycles. The Morgan fingerprint density at radius 1 is 1.21 bits per heavy atom. The standard InChI is InChI=1S/C20H25N7O/c1-2-22-20(28)25-19-24-18-12-15(14-7-6-10-21-13-14)11-17(27(18)26-19)23-16-8-4-3-5-9-16/h6-7,10-13,16,23H,2-5,8-9H2,1H3,(H2,22,25,26,28). The van der Waals surface area contributed by atoms with Crippen molar-refractivity contribution in [2.75, 3.05) is 17.2 Å². The summed E-state index contributed by atoms with van der Waals surface area (Å²) in [6, 6.07) is 8.08. The molecule has 0 aliphatic heterocycles. The lowest BCUT2D eigenvalue weighted by Crippen LogP contribution is -2.28. The fourth-order valence-corrected chi connectivity index (χ4v) is 3.60. The highest BCUT2D eigenvalue weighted by Crippen LogP contribution is 2.27. The number of hydrogen-bond acceptors (Lipinski definition) is 5. The fraction of sp³-hybridized carbons (Fsp3) is 0.400. The second-order valence-corrected chi connectivity index (χ2v) is 7.04. The maximum atomic E-state index is 11.8. The van der Waals surface area contributed by atoms with Crippen LogP contribution in [-0.2, 0) is 0 Å². The van der Waals surface area contributed by atoms with E-state index >= 15 is 0 Å². The number of aromatic nitrogens is 4. The average Bonchev–Trinajstić information content (AvgIpc) is 3.12. The number of nitrogens with one attached hydrogen (secondary N) is 3. The van der Waals surface area contributed by atoms with Gasteiger partial charge in [-0.25, -0.2) is 4.79 Å². The van der Waals surface area contributed by atoms with Crippen molar-refractivity contribution in [3.05, 3.63) is 36.7 Å². The highest BCUT2D eigenvalue weighted by molar-refractivity contribution is 5.87. The Hall–Kier alpha value is -3.16. The maximum Gasteiger partial charge on any atom is 0.321 e.